The number of likely N-dealkylation sites (tertiary alicyclic amines) is 1. The van der Waals surface area contributed by atoms with Crippen LogP contribution in [0.25, 0.3) is 0 Å². The Balaban J connectivity index is 2.27. The molecule has 0 aromatic carbocycles. The van der Waals surface area contributed by atoms with E-state index in [0.717, 1.165) is 19.6 Å². The average Bonchev–Trinajstić information content (AvgIpc) is 2.45. The molecule has 0 radical (unpaired) electrons. The highest BCUT2D eigenvalue weighted by molar-refractivity contribution is 5.80. The van der Waals surface area contributed by atoms with Crippen LogP contribution in [0, 0.1) is 11.8 Å². The molecule has 0 aromatic rings. The van der Waals surface area contributed by atoms with Crippen LogP contribution in [0.3, 0.4) is 0 Å². The smallest absolute Gasteiger partial charge is 0.280 e. The molecule has 1 heterocycles. The van der Waals surface area contributed by atoms with Crippen molar-refractivity contribution in [2.24, 2.45) is 11.8 Å². The van der Waals surface area contributed by atoms with E-state index in [9.17, 15) is 4.79 Å². The standard InChI is InChI=1S/C17H35N3O/c1-6-19(7-2)10-8-9-18-16(5)17(21)20-12-14(3)11-15(4)13-20/h14-16,18H,6-13H2,1-5H3/p+2/t14-,15-,16-/m0/s1. The summed E-state index contributed by atoms with van der Waals surface area (Å²) in [4.78, 5) is 16.3. The highest BCUT2D eigenvalue weighted by Crippen LogP contribution is 2.21. The van der Waals surface area contributed by atoms with Crippen molar-refractivity contribution in [3.8, 4) is 0 Å². The SMILES string of the molecule is CC[NH+](CC)CCC[NH2+][C@@H](C)C(=O)N1C[C@@H](C)C[C@H](C)C1. The minimum Gasteiger partial charge on any atom is -0.337 e. The van der Waals surface area contributed by atoms with E-state index in [0.29, 0.717) is 17.7 Å². The number of nitrogens with one attached hydrogen (secondary N) is 1. The predicted molar refractivity (Wildman–Crippen MR) is 87.3 cm³/mol. The molecule has 0 aromatic heterocycles. The first-order chi connectivity index (χ1) is 9.97. The van der Waals surface area contributed by atoms with Gasteiger partial charge in [-0.1, -0.05) is 13.8 Å². The van der Waals surface area contributed by atoms with Crippen molar-refractivity contribution in [3.05, 3.63) is 0 Å². The minimum atomic E-state index is 0.0780. The Kier molecular flexibility index (Phi) is 8.27. The van der Waals surface area contributed by atoms with E-state index in [1.165, 1.54) is 32.5 Å². The molecule has 3 atom stereocenters. The third-order valence-corrected chi connectivity index (χ3v) is 4.82. The number of quaternary nitrogens is 2. The highest BCUT2D eigenvalue weighted by Gasteiger charge is 2.29. The number of hydrogen-bond donors (Lipinski definition) is 2. The fourth-order valence-electron chi connectivity index (χ4n) is 3.56. The van der Waals surface area contributed by atoms with Crippen molar-refractivity contribution in [2.45, 2.75) is 53.5 Å². The van der Waals surface area contributed by atoms with Gasteiger partial charge in [0.25, 0.3) is 5.91 Å². The van der Waals surface area contributed by atoms with Gasteiger partial charge in [0, 0.05) is 19.5 Å². The summed E-state index contributed by atoms with van der Waals surface area (Å²) < 4.78 is 0. The quantitative estimate of drug-likeness (QED) is 0.597. The summed E-state index contributed by atoms with van der Waals surface area (Å²) in [6.45, 7) is 17.7. The molecule has 4 heteroatoms. The van der Waals surface area contributed by atoms with Crippen LogP contribution in [0.15, 0.2) is 0 Å². The first-order valence-electron chi connectivity index (χ1n) is 8.93. The molecule has 21 heavy (non-hydrogen) atoms. The van der Waals surface area contributed by atoms with Gasteiger partial charge in [-0.05, 0) is 39.0 Å². The molecule has 1 amide bonds. The molecule has 1 aliphatic rings. The maximum atomic E-state index is 12.5. The fourth-order valence-corrected chi connectivity index (χ4v) is 3.56. The van der Waals surface area contributed by atoms with Gasteiger partial charge < -0.3 is 15.1 Å². The minimum absolute atomic E-state index is 0.0780. The van der Waals surface area contributed by atoms with Gasteiger partial charge in [-0.15, -0.1) is 0 Å². The second-order valence-corrected chi connectivity index (χ2v) is 7.06. The third-order valence-electron chi connectivity index (χ3n) is 4.82. The maximum Gasteiger partial charge on any atom is 0.280 e. The molecule has 0 aliphatic carbocycles. The van der Waals surface area contributed by atoms with Crippen molar-refractivity contribution < 1.29 is 15.0 Å². The molecule has 1 aliphatic heterocycles. The molecule has 0 unspecified atom stereocenters. The van der Waals surface area contributed by atoms with Gasteiger partial charge in [0.2, 0.25) is 0 Å². The first-order valence-corrected chi connectivity index (χ1v) is 8.93. The maximum absolute atomic E-state index is 12.5. The number of amides is 1. The van der Waals surface area contributed by atoms with Gasteiger partial charge in [-0.3, -0.25) is 4.79 Å². The van der Waals surface area contributed by atoms with Gasteiger partial charge in [0.1, 0.15) is 0 Å². The Morgan fingerprint density at radius 1 is 1.24 bits per heavy atom. The number of carbonyl (C=O) groups excluding carboxylic acids is 1. The van der Waals surface area contributed by atoms with E-state index in [1.54, 1.807) is 4.90 Å². The number of rotatable bonds is 8. The Morgan fingerprint density at radius 3 is 2.33 bits per heavy atom. The lowest BCUT2D eigenvalue weighted by atomic mass is 9.91. The van der Waals surface area contributed by atoms with E-state index >= 15 is 0 Å². The molecule has 3 N–H and O–H groups in total. The van der Waals surface area contributed by atoms with Crippen LogP contribution in [0.1, 0.15) is 47.5 Å². The summed E-state index contributed by atoms with van der Waals surface area (Å²) in [7, 11) is 0. The van der Waals surface area contributed by atoms with E-state index in [4.69, 9.17) is 0 Å². The van der Waals surface area contributed by atoms with Crippen molar-refractivity contribution in [2.75, 3.05) is 39.3 Å². The van der Waals surface area contributed by atoms with Crippen LogP contribution in [0.5, 0.6) is 0 Å². The molecule has 1 fully saturated rings. The average molecular weight is 300 g/mol. The third kappa shape index (κ3) is 6.35. The number of hydrogen-bond acceptors (Lipinski definition) is 1. The number of carbonyl (C=O) groups is 1. The van der Waals surface area contributed by atoms with Crippen molar-refractivity contribution in [1.29, 1.82) is 0 Å². The monoisotopic (exact) mass is 299 g/mol. The number of nitrogens with two attached hydrogens (primary N) is 1. The van der Waals surface area contributed by atoms with Crippen LogP contribution in [0.4, 0.5) is 0 Å². The van der Waals surface area contributed by atoms with Crippen LogP contribution in [-0.4, -0.2) is 56.1 Å². The molecule has 0 bridgehead atoms. The summed E-state index contributed by atoms with van der Waals surface area (Å²) in [6.07, 6.45) is 2.45. The van der Waals surface area contributed by atoms with Crippen molar-refractivity contribution >= 4 is 5.91 Å². The highest BCUT2D eigenvalue weighted by atomic mass is 16.2. The zero-order valence-electron chi connectivity index (χ0n) is 14.8. The Labute approximate surface area is 131 Å². The summed E-state index contributed by atoms with van der Waals surface area (Å²) in [6, 6.07) is 0.0780. The molecule has 1 rings (SSSR count). The topological polar surface area (TPSA) is 41.4 Å². The number of nitrogens with zero attached hydrogens (tertiary/aromatic N) is 1. The Hall–Kier alpha value is -0.610. The predicted octanol–water partition coefficient (Wildman–Crippen LogP) is -0.242. The van der Waals surface area contributed by atoms with Crippen LogP contribution >= 0.6 is 0 Å². The fraction of sp³-hybridized carbons (Fsp3) is 0.941. The summed E-state index contributed by atoms with van der Waals surface area (Å²) in [5, 5.41) is 2.23. The zero-order chi connectivity index (χ0) is 15.8. The van der Waals surface area contributed by atoms with Gasteiger partial charge in [0.15, 0.2) is 6.04 Å². The first kappa shape index (κ1) is 18.4. The second-order valence-electron chi connectivity index (χ2n) is 7.06. The van der Waals surface area contributed by atoms with E-state index < -0.39 is 0 Å². The van der Waals surface area contributed by atoms with E-state index in [2.05, 4.69) is 44.8 Å². The summed E-state index contributed by atoms with van der Waals surface area (Å²) >= 11 is 0. The molecule has 4 nitrogen and oxygen atoms in total. The zero-order valence-corrected chi connectivity index (χ0v) is 14.8. The molecule has 0 saturated carbocycles. The number of piperidine rings is 1. The lowest BCUT2D eigenvalue weighted by Gasteiger charge is -2.35. The van der Waals surface area contributed by atoms with Gasteiger partial charge in [0.05, 0.1) is 26.2 Å². The molecular weight excluding hydrogens is 262 g/mol. The summed E-state index contributed by atoms with van der Waals surface area (Å²) in [5.74, 6) is 1.64. The van der Waals surface area contributed by atoms with Gasteiger partial charge in [-0.25, -0.2) is 0 Å². The van der Waals surface area contributed by atoms with E-state index in [-0.39, 0.29) is 6.04 Å². The Morgan fingerprint density at radius 2 is 1.81 bits per heavy atom. The van der Waals surface area contributed by atoms with Crippen molar-refractivity contribution in [3.63, 3.8) is 0 Å². The van der Waals surface area contributed by atoms with Gasteiger partial charge in [-0.2, -0.15) is 0 Å². The Bertz CT molecular complexity index is 294. The van der Waals surface area contributed by atoms with Crippen molar-refractivity contribution in [1.82, 2.24) is 4.90 Å². The lowest BCUT2D eigenvalue weighted by molar-refractivity contribution is -0.898. The van der Waals surface area contributed by atoms with Crippen LogP contribution in [0.2, 0.25) is 0 Å². The summed E-state index contributed by atoms with van der Waals surface area (Å²) in [5.41, 5.74) is 0. The molecular formula is C17H37N3O+2. The molecule has 124 valence electrons. The van der Waals surface area contributed by atoms with E-state index in [1.807, 2.05) is 0 Å². The largest absolute Gasteiger partial charge is 0.337 e. The normalized spacial score (nSPS) is 24.4. The molecule has 0 spiro atoms. The van der Waals surface area contributed by atoms with Crippen LogP contribution < -0.4 is 10.2 Å². The lowest BCUT2D eigenvalue weighted by Crippen LogP contribution is -3.11. The molecule has 1 saturated heterocycles. The second kappa shape index (κ2) is 9.42. The van der Waals surface area contributed by atoms with Crippen LogP contribution in [-0.2, 0) is 4.79 Å². The van der Waals surface area contributed by atoms with Gasteiger partial charge >= 0.3 is 0 Å².